The lowest BCUT2D eigenvalue weighted by atomic mass is 9.97. The standard InChI is InChI=1S/C13H14BrN/c1-9(10(2)14)12-6-5-11-4-3-7-15-13(11)8-12/h3-10H,1-2H3. The summed E-state index contributed by atoms with van der Waals surface area (Å²) in [5, 5.41) is 1.20. The van der Waals surface area contributed by atoms with Crippen LogP contribution in [0, 0.1) is 0 Å². The number of nitrogens with zero attached hydrogens (tertiary/aromatic N) is 1. The van der Waals surface area contributed by atoms with Crippen molar-refractivity contribution in [3.05, 3.63) is 42.1 Å². The van der Waals surface area contributed by atoms with Crippen LogP contribution in [0.4, 0.5) is 0 Å². The molecule has 2 unspecified atom stereocenters. The lowest BCUT2D eigenvalue weighted by molar-refractivity contribution is 0.762. The number of halogens is 1. The van der Waals surface area contributed by atoms with Crippen molar-refractivity contribution in [3.63, 3.8) is 0 Å². The molecule has 1 heterocycles. The van der Waals surface area contributed by atoms with Crippen LogP contribution in [0.5, 0.6) is 0 Å². The van der Waals surface area contributed by atoms with E-state index >= 15 is 0 Å². The maximum atomic E-state index is 4.37. The molecule has 0 aliphatic carbocycles. The normalized spacial score (nSPS) is 15.1. The topological polar surface area (TPSA) is 12.9 Å². The Kier molecular flexibility index (Phi) is 3.06. The van der Waals surface area contributed by atoms with Gasteiger partial charge in [-0.3, -0.25) is 4.98 Å². The molecule has 78 valence electrons. The Morgan fingerprint density at radius 3 is 2.73 bits per heavy atom. The molecule has 1 aromatic carbocycles. The third kappa shape index (κ3) is 2.20. The Balaban J connectivity index is 2.47. The third-order valence-electron chi connectivity index (χ3n) is 2.84. The molecule has 0 saturated carbocycles. The van der Waals surface area contributed by atoms with Gasteiger partial charge in [0.05, 0.1) is 5.52 Å². The van der Waals surface area contributed by atoms with Gasteiger partial charge < -0.3 is 0 Å². The lowest BCUT2D eigenvalue weighted by Crippen LogP contribution is -2.04. The molecule has 0 radical (unpaired) electrons. The highest BCUT2D eigenvalue weighted by molar-refractivity contribution is 9.09. The Morgan fingerprint density at radius 1 is 1.20 bits per heavy atom. The zero-order valence-electron chi connectivity index (χ0n) is 8.94. The summed E-state index contributed by atoms with van der Waals surface area (Å²) in [5.74, 6) is 0.511. The largest absolute Gasteiger partial charge is 0.256 e. The van der Waals surface area contributed by atoms with Crippen molar-refractivity contribution in [2.24, 2.45) is 0 Å². The SMILES string of the molecule is CC(Br)C(C)c1ccc2cccnc2c1. The van der Waals surface area contributed by atoms with E-state index in [9.17, 15) is 0 Å². The van der Waals surface area contributed by atoms with Crippen LogP contribution in [0.1, 0.15) is 25.3 Å². The number of rotatable bonds is 2. The zero-order chi connectivity index (χ0) is 10.8. The van der Waals surface area contributed by atoms with Crippen LogP contribution in [0.2, 0.25) is 0 Å². The minimum atomic E-state index is 0.485. The highest BCUT2D eigenvalue weighted by Gasteiger charge is 2.11. The molecule has 0 spiro atoms. The molecule has 2 atom stereocenters. The lowest BCUT2D eigenvalue weighted by Gasteiger charge is -2.14. The van der Waals surface area contributed by atoms with Gasteiger partial charge in [0.15, 0.2) is 0 Å². The molecule has 0 saturated heterocycles. The predicted octanol–water partition coefficient (Wildman–Crippen LogP) is 4.12. The molecule has 2 aromatic rings. The maximum Gasteiger partial charge on any atom is 0.0704 e. The van der Waals surface area contributed by atoms with Crippen LogP contribution >= 0.6 is 15.9 Å². The molecule has 0 aliphatic heterocycles. The molecule has 0 fully saturated rings. The summed E-state index contributed by atoms with van der Waals surface area (Å²) in [7, 11) is 0. The first kappa shape index (κ1) is 10.6. The summed E-state index contributed by atoms with van der Waals surface area (Å²) in [6, 6.07) is 10.6. The second kappa shape index (κ2) is 4.31. The van der Waals surface area contributed by atoms with E-state index in [2.05, 4.69) is 59.0 Å². The van der Waals surface area contributed by atoms with Gasteiger partial charge in [-0.05, 0) is 23.6 Å². The van der Waals surface area contributed by atoms with Crippen molar-refractivity contribution < 1.29 is 0 Å². The fourth-order valence-electron chi connectivity index (χ4n) is 1.63. The zero-order valence-corrected chi connectivity index (χ0v) is 10.5. The molecule has 0 bridgehead atoms. The van der Waals surface area contributed by atoms with E-state index in [-0.39, 0.29) is 0 Å². The van der Waals surface area contributed by atoms with Gasteiger partial charge in [-0.15, -0.1) is 0 Å². The number of alkyl halides is 1. The van der Waals surface area contributed by atoms with E-state index in [1.165, 1.54) is 10.9 Å². The summed E-state index contributed by atoms with van der Waals surface area (Å²) < 4.78 is 0. The number of hydrogen-bond acceptors (Lipinski definition) is 1. The fraction of sp³-hybridized carbons (Fsp3) is 0.308. The van der Waals surface area contributed by atoms with Crippen molar-refractivity contribution in [2.75, 3.05) is 0 Å². The average Bonchev–Trinajstić information content (AvgIpc) is 2.27. The summed E-state index contributed by atoms with van der Waals surface area (Å²) in [6.45, 7) is 4.40. The first-order chi connectivity index (χ1) is 7.18. The molecule has 1 nitrogen and oxygen atoms in total. The van der Waals surface area contributed by atoms with Crippen molar-refractivity contribution in [2.45, 2.75) is 24.6 Å². The van der Waals surface area contributed by atoms with E-state index in [0.717, 1.165) is 5.52 Å². The Morgan fingerprint density at radius 2 is 2.00 bits per heavy atom. The van der Waals surface area contributed by atoms with Gasteiger partial charge in [-0.2, -0.15) is 0 Å². The Bertz CT molecular complexity index is 465. The molecule has 1 aromatic heterocycles. The van der Waals surface area contributed by atoms with Crippen LogP contribution in [-0.2, 0) is 0 Å². The average molecular weight is 264 g/mol. The minimum Gasteiger partial charge on any atom is -0.256 e. The maximum absolute atomic E-state index is 4.37. The minimum absolute atomic E-state index is 0.485. The van der Waals surface area contributed by atoms with E-state index in [1.807, 2.05) is 12.3 Å². The number of fused-ring (bicyclic) bond motifs is 1. The fourth-order valence-corrected chi connectivity index (χ4v) is 1.94. The number of pyridine rings is 1. The van der Waals surface area contributed by atoms with E-state index in [0.29, 0.717) is 10.7 Å². The van der Waals surface area contributed by atoms with Gasteiger partial charge in [0.25, 0.3) is 0 Å². The highest BCUT2D eigenvalue weighted by Crippen LogP contribution is 2.26. The summed E-state index contributed by atoms with van der Waals surface area (Å²) >= 11 is 3.62. The molecule has 0 aliphatic rings. The molecule has 0 amide bonds. The molecule has 2 rings (SSSR count). The van der Waals surface area contributed by atoms with Crippen molar-refractivity contribution >= 4 is 26.8 Å². The third-order valence-corrected chi connectivity index (χ3v) is 3.64. The highest BCUT2D eigenvalue weighted by atomic mass is 79.9. The summed E-state index contributed by atoms with van der Waals surface area (Å²) in [5.41, 5.74) is 2.42. The van der Waals surface area contributed by atoms with Crippen molar-refractivity contribution in [1.29, 1.82) is 0 Å². The van der Waals surface area contributed by atoms with Crippen LogP contribution in [0.3, 0.4) is 0 Å². The Hall–Kier alpha value is -0.890. The van der Waals surface area contributed by atoms with Gasteiger partial charge in [0.2, 0.25) is 0 Å². The second-order valence-corrected chi connectivity index (χ2v) is 5.37. The first-order valence-corrected chi connectivity index (χ1v) is 6.09. The van der Waals surface area contributed by atoms with Gasteiger partial charge in [0.1, 0.15) is 0 Å². The van der Waals surface area contributed by atoms with Crippen LogP contribution < -0.4 is 0 Å². The molecular weight excluding hydrogens is 250 g/mol. The Labute approximate surface area is 98.7 Å². The van der Waals surface area contributed by atoms with Gasteiger partial charge >= 0.3 is 0 Å². The first-order valence-electron chi connectivity index (χ1n) is 5.17. The number of aromatic nitrogens is 1. The van der Waals surface area contributed by atoms with Gasteiger partial charge in [-0.1, -0.05) is 48.0 Å². The van der Waals surface area contributed by atoms with Crippen molar-refractivity contribution in [3.8, 4) is 0 Å². The summed E-state index contributed by atoms with van der Waals surface area (Å²) in [4.78, 5) is 4.85. The number of benzene rings is 1. The van der Waals surface area contributed by atoms with Crippen LogP contribution in [0.25, 0.3) is 10.9 Å². The quantitative estimate of drug-likeness (QED) is 0.743. The monoisotopic (exact) mass is 263 g/mol. The smallest absolute Gasteiger partial charge is 0.0704 e. The van der Waals surface area contributed by atoms with Crippen molar-refractivity contribution in [1.82, 2.24) is 4.98 Å². The number of hydrogen-bond donors (Lipinski definition) is 0. The predicted molar refractivity (Wildman–Crippen MR) is 68.5 cm³/mol. The summed E-state index contributed by atoms with van der Waals surface area (Å²) in [6.07, 6.45) is 1.84. The van der Waals surface area contributed by atoms with E-state index in [4.69, 9.17) is 0 Å². The molecule has 0 N–H and O–H groups in total. The molecule has 15 heavy (non-hydrogen) atoms. The van der Waals surface area contributed by atoms with Crippen LogP contribution in [-0.4, -0.2) is 9.81 Å². The van der Waals surface area contributed by atoms with Gasteiger partial charge in [-0.25, -0.2) is 0 Å². The van der Waals surface area contributed by atoms with Gasteiger partial charge in [0, 0.05) is 16.4 Å². The molecule has 2 heteroatoms. The van der Waals surface area contributed by atoms with E-state index < -0.39 is 0 Å². The molecular formula is C13H14BrN. The second-order valence-electron chi connectivity index (χ2n) is 3.92. The van der Waals surface area contributed by atoms with Crippen LogP contribution in [0.15, 0.2) is 36.5 Å². The van der Waals surface area contributed by atoms with E-state index in [1.54, 1.807) is 0 Å².